The number of benzene rings is 1. The lowest BCUT2D eigenvalue weighted by Crippen LogP contribution is -2.49. The lowest BCUT2D eigenvalue weighted by atomic mass is 9.85. The molecule has 0 aromatic heterocycles. The summed E-state index contributed by atoms with van der Waals surface area (Å²) in [5.74, 6) is 0.729. The van der Waals surface area contributed by atoms with E-state index in [1.807, 2.05) is 30.4 Å². The zero-order valence-corrected chi connectivity index (χ0v) is 33.8. The fourth-order valence-electron chi connectivity index (χ4n) is 6.76. The first-order valence-electron chi connectivity index (χ1n) is 20.1. The summed E-state index contributed by atoms with van der Waals surface area (Å²) >= 11 is 12.6. The molecule has 1 amide bonds. The first-order chi connectivity index (χ1) is 26.5. The Labute approximate surface area is 334 Å². The number of rotatable bonds is 23. The number of esters is 1. The Morgan fingerprint density at radius 3 is 2.20 bits per heavy atom. The number of nitrogens with zero attached hydrogens (tertiary/aromatic N) is 3. The van der Waals surface area contributed by atoms with Crippen LogP contribution in [0.4, 0.5) is 5.69 Å². The number of unbranched alkanes of at least 4 members (excludes halogenated alkanes) is 3. The van der Waals surface area contributed by atoms with Crippen molar-refractivity contribution >= 4 is 40.8 Å². The quantitative estimate of drug-likeness (QED) is 0.0626. The molecule has 2 fully saturated rings. The van der Waals surface area contributed by atoms with Crippen molar-refractivity contribution in [1.29, 1.82) is 0 Å². The van der Waals surface area contributed by atoms with Crippen LogP contribution in [0.5, 0.6) is 0 Å². The number of amides is 1. The van der Waals surface area contributed by atoms with Crippen molar-refractivity contribution in [3.8, 4) is 0 Å². The van der Waals surface area contributed by atoms with E-state index in [0.29, 0.717) is 29.5 Å². The minimum Gasteiger partial charge on any atom is -0.494 e. The average molecular weight is 779 g/mol. The summed E-state index contributed by atoms with van der Waals surface area (Å²) in [4.78, 5) is 31.9. The molecule has 2 saturated heterocycles. The van der Waals surface area contributed by atoms with Gasteiger partial charge in [0.15, 0.2) is 6.73 Å². The summed E-state index contributed by atoms with van der Waals surface area (Å²) in [6.45, 7) is 7.64. The Morgan fingerprint density at radius 1 is 0.852 bits per heavy atom. The van der Waals surface area contributed by atoms with Crippen LogP contribution in [-0.4, -0.2) is 73.8 Å². The Hall–Kier alpha value is -3.52. The number of piperazine rings is 1. The van der Waals surface area contributed by atoms with Crippen LogP contribution in [0.3, 0.4) is 0 Å². The average Bonchev–Trinajstić information content (AvgIpc) is 3.18. The molecular formula is C45H61Cl2N3O4. The standard InChI is InChI=1S/C45H61Cl2N3O4/c1-2-3-4-5-6-7-8-9-10-11-12-13-14-15-16-17-18-19-25-44(52)54-37-50-42-36-39(28-26-38(42)27-29-43(50)51)53-35-21-20-30-48-31-33-49(34-32-48)41-24-22-23-40(46)45(41)47/h4-5,7-8,10-11,13-14,16-17,22-24,26,28,36,38,42H,2-3,6,9,12,15,18-21,25,27,29-35,37H2,1H3. The second kappa shape index (κ2) is 25.5. The zero-order valence-electron chi connectivity index (χ0n) is 32.3. The Balaban J connectivity index is 1.05. The van der Waals surface area contributed by atoms with Crippen LogP contribution in [0.1, 0.15) is 90.4 Å². The van der Waals surface area contributed by atoms with Crippen LogP contribution in [0.25, 0.3) is 0 Å². The van der Waals surface area contributed by atoms with Gasteiger partial charge in [-0.25, -0.2) is 0 Å². The molecule has 294 valence electrons. The van der Waals surface area contributed by atoms with Crippen molar-refractivity contribution in [2.24, 2.45) is 5.92 Å². The van der Waals surface area contributed by atoms with E-state index >= 15 is 0 Å². The third-order valence-corrected chi connectivity index (χ3v) is 10.7. The van der Waals surface area contributed by atoms with Crippen molar-refractivity contribution in [3.05, 3.63) is 113 Å². The molecule has 1 aromatic carbocycles. The lowest BCUT2D eigenvalue weighted by molar-refractivity contribution is -0.157. The number of ether oxygens (including phenoxy) is 2. The maximum Gasteiger partial charge on any atom is 0.307 e. The van der Waals surface area contributed by atoms with E-state index in [9.17, 15) is 9.59 Å². The van der Waals surface area contributed by atoms with Gasteiger partial charge in [0, 0.05) is 44.9 Å². The van der Waals surface area contributed by atoms with Crippen molar-refractivity contribution in [2.75, 3.05) is 51.0 Å². The number of hydrogen-bond acceptors (Lipinski definition) is 6. The molecule has 7 nitrogen and oxygen atoms in total. The van der Waals surface area contributed by atoms with Gasteiger partial charge in [0.05, 0.1) is 28.4 Å². The predicted octanol–water partition coefficient (Wildman–Crippen LogP) is 10.8. The number of anilines is 1. The van der Waals surface area contributed by atoms with Gasteiger partial charge in [0.25, 0.3) is 0 Å². The maximum absolute atomic E-state index is 12.9. The molecule has 3 aliphatic rings. The molecule has 1 aromatic rings. The number of allylic oxidation sites excluding steroid dienone is 11. The monoisotopic (exact) mass is 777 g/mol. The van der Waals surface area contributed by atoms with E-state index in [1.54, 1.807) is 4.90 Å². The highest BCUT2D eigenvalue weighted by Gasteiger charge is 2.35. The minimum absolute atomic E-state index is 0.0156. The third kappa shape index (κ3) is 15.7. The summed E-state index contributed by atoms with van der Waals surface area (Å²) in [5, 5.41) is 1.22. The fourth-order valence-corrected chi connectivity index (χ4v) is 7.18. The van der Waals surface area contributed by atoms with Gasteiger partial charge in [-0.2, -0.15) is 0 Å². The molecule has 54 heavy (non-hydrogen) atoms. The van der Waals surface area contributed by atoms with E-state index < -0.39 is 0 Å². The summed E-state index contributed by atoms with van der Waals surface area (Å²) in [7, 11) is 0. The van der Waals surface area contributed by atoms with E-state index in [4.69, 9.17) is 32.7 Å². The number of fused-ring (bicyclic) bond motifs is 1. The normalized spacial score (nSPS) is 19.6. The van der Waals surface area contributed by atoms with Gasteiger partial charge in [-0.05, 0) is 95.0 Å². The predicted molar refractivity (Wildman–Crippen MR) is 225 cm³/mol. The molecule has 0 N–H and O–H groups in total. The Kier molecular flexibility index (Phi) is 20.4. The van der Waals surface area contributed by atoms with Gasteiger partial charge < -0.3 is 19.3 Å². The van der Waals surface area contributed by atoms with Crippen LogP contribution in [0, 0.1) is 5.92 Å². The van der Waals surface area contributed by atoms with Gasteiger partial charge in [0.2, 0.25) is 5.91 Å². The molecular weight excluding hydrogens is 717 g/mol. The lowest BCUT2D eigenvalue weighted by Gasteiger charge is -2.39. The van der Waals surface area contributed by atoms with Crippen LogP contribution in [-0.2, 0) is 19.1 Å². The molecule has 0 spiro atoms. The van der Waals surface area contributed by atoms with Gasteiger partial charge in [-0.3, -0.25) is 14.5 Å². The van der Waals surface area contributed by atoms with Gasteiger partial charge >= 0.3 is 5.97 Å². The third-order valence-electron chi connectivity index (χ3n) is 9.93. The second-order valence-electron chi connectivity index (χ2n) is 14.1. The van der Waals surface area contributed by atoms with Crippen molar-refractivity contribution in [3.63, 3.8) is 0 Å². The summed E-state index contributed by atoms with van der Waals surface area (Å²) in [6.07, 6.45) is 39.4. The maximum atomic E-state index is 12.9. The number of hydrogen-bond donors (Lipinski definition) is 0. The van der Waals surface area contributed by atoms with Crippen LogP contribution >= 0.6 is 23.2 Å². The van der Waals surface area contributed by atoms with Crippen molar-refractivity contribution in [1.82, 2.24) is 9.80 Å². The van der Waals surface area contributed by atoms with E-state index in [2.05, 4.69) is 83.6 Å². The molecule has 0 radical (unpaired) electrons. The number of halogens is 2. The molecule has 4 rings (SSSR count). The highest BCUT2D eigenvalue weighted by atomic mass is 35.5. The summed E-state index contributed by atoms with van der Waals surface area (Å²) < 4.78 is 11.7. The zero-order chi connectivity index (χ0) is 38.2. The molecule has 2 atom stereocenters. The van der Waals surface area contributed by atoms with Crippen molar-refractivity contribution in [2.45, 2.75) is 96.4 Å². The van der Waals surface area contributed by atoms with E-state index in [-0.39, 0.29) is 30.6 Å². The van der Waals surface area contributed by atoms with Gasteiger partial charge in [0.1, 0.15) is 5.76 Å². The Morgan fingerprint density at radius 2 is 1.52 bits per heavy atom. The first kappa shape index (κ1) is 43.2. The summed E-state index contributed by atoms with van der Waals surface area (Å²) in [5.41, 5.74) is 1.01. The number of carbonyl (C=O) groups is 2. The van der Waals surface area contributed by atoms with Crippen LogP contribution < -0.4 is 4.90 Å². The molecule has 9 heteroatoms. The largest absolute Gasteiger partial charge is 0.494 e. The molecule has 2 heterocycles. The molecule has 0 bridgehead atoms. The van der Waals surface area contributed by atoms with Gasteiger partial charge in [-0.15, -0.1) is 0 Å². The van der Waals surface area contributed by atoms with E-state index in [0.717, 1.165) is 108 Å². The first-order valence-corrected chi connectivity index (χ1v) is 20.9. The SMILES string of the molecule is CCCC=CCC=CCC=CCC=CCC=CCCCC(=O)OCN1C(=O)CCC2C=CC(OCCCCN3CCN(c4cccc(Cl)c4Cl)CC3)=CC21. The molecule has 1 aliphatic carbocycles. The number of piperidine rings is 1. The highest BCUT2D eigenvalue weighted by molar-refractivity contribution is 6.43. The second-order valence-corrected chi connectivity index (χ2v) is 14.9. The van der Waals surface area contributed by atoms with E-state index in [1.165, 1.54) is 6.42 Å². The molecule has 2 unspecified atom stereocenters. The summed E-state index contributed by atoms with van der Waals surface area (Å²) in [6, 6.07) is 5.64. The number of carbonyl (C=O) groups excluding carboxylic acids is 2. The highest BCUT2D eigenvalue weighted by Crippen LogP contribution is 2.33. The smallest absolute Gasteiger partial charge is 0.307 e. The van der Waals surface area contributed by atoms with Gasteiger partial charge in [-0.1, -0.05) is 109 Å². The topological polar surface area (TPSA) is 62.3 Å². The molecule has 2 aliphatic heterocycles. The van der Waals surface area contributed by atoms with Crippen LogP contribution in [0.2, 0.25) is 10.0 Å². The fraction of sp³-hybridized carbons (Fsp3) is 0.511. The number of likely N-dealkylation sites (tertiary alicyclic amines) is 1. The Bertz CT molecular complexity index is 1510. The molecule has 0 saturated carbocycles. The van der Waals surface area contributed by atoms with Crippen LogP contribution in [0.15, 0.2) is 103 Å². The van der Waals surface area contributed by atoms with Crippen molar-refractivity contribution < 1.29 is 19.1 Å². The minimum atomic E-state index is -0.269.